The Hall–Kier alpha value is -0.134. The van der Waals surface area contributed by atoms with E-state index in [0.29, 0.717) is 5.76 Å². The molecular weight excluding hydrogens is 311 g/mol. The van der Waals surface area contributed by atoms with Gasteiger partial charge in [-0.2, -0.15) is 6.20 Å². The zero-order valence-corrected chi connectivity index (χ0v) is 19.4. The Labute approximate surface area is 185 Å². The predicted octanol–water partition coefficient (Wildman–Crippen LogP) is 1.54. The fourth-order valence-corrected chi connectivity index (χ4v) is 1.82. The summed E-state index contributed by atoms with van der Waals surface area (Å²) in [5.41, 5.74) is 0. The summed E-state index contributed by atoms with van der Waals surface area (Å²) in [4.78, 5) is 4.24. The zero-order valence-electron chi connectivity index (χ0n) is 16.3. The molecule has 0 aliphatic rings. The summed E-state index contributed by atoms with van der Waals surface area (Å²) in [5.74, 6) is 0.671. The SMILES string of the molecule is CC.CC.CCC(CC)/C(O)=C/C=c1/cccn/c1=C/[N-]C.[K+]. The van der Waals surface area contributed by atoms with E-state index < -0.39 is 0 Å². The van der Waals surface area contributed by atoms with Crippen LogP contribution in [0.3, 0.4) is 0 Å². The Balaban J connectivity index is -0.000000739. The summed E-state index contributed by atoms with van der Waals surface area (Å²) >= 11 is 0. The maximum Gasteiger partial charge on any atom is 1.00 e. The molecule has 4 heteroatoms. The van der Waals surface area contributed by atoms with E-state index in [4.69, 9.17) is 0 Å². The summed E-state index contributed by atoms with van der Waals surface area (Å²) < 4.78 is 0. The fraction of sp³-hybridized carbons (Fsp3) is 0.526. The van der Waals surface area contributed by atoms with Gasteiger partial charge in [0.15, 0.2) is 0 Å². The van der Waals surface area contributed by atoms with Crippen LogP contribution in [0.2, 0.25) is 0 Å². The Morgan fingerprint density at radius 2 is 1.78 bits per heavy atom. The molecule has 0 saturated carbocycles. The minimum absolute atomic E-state index is 0. The van der Waals surface area contributed by atoms with Gasteiger partial charge in [-0.15, -0.1) is 7.05 Å². The molecule has 0 radical (unpaired) electrons. The second-order valence-corrected chi connectivity index (χ2v) is 4.14. The molecule has 3 nitrogen and oxygen atoms in total. The van der Waals surface area contributed by atoms with Gasteiger partial charge in [0.25, 0.3) is 0 Å². The molecule has 0 aromatic carbocycles. The van der Waals surface area contributed by atoms with Crippen LogP contribution in [-0.2, 0) is 0 Å². The van der Waals surface area contributed by atoms with Gasteiger partial charge in [0.1, 0.15) is 0 Å². The average Bonchev–Trinajstić information content (AvgIpc) is 2.59. The van der Waals surface area contributed by atoms with Gasteiger partial charge in [0.05, 0.1) is 5.76 Å². The monoisotopic (exact) mass is 344 g/mol. The minimum Gasteiger partial charge on any atom is -0.691 e. The van der Waals surface area contributed by atoms with Crippen LogP contribution in [0, 0.1) is 5.92 Å². The van der Waals surface area contributed by atoms with Crippen LogP contribution >= 0.6 is 0 Å². The summed E-state index contributed by atoms with van der Waals surface area (Å²) in [7, 11) is 1.72. The topological polar surface area (TPSA) is 47.2 Å². The van der Waals surface area contributed by atoms with Crippen molar-refractivity contribution in [2.75, 3.05) is 7.05 Å². The van der Waals surface area contributed by atoms with Crippen molar-refractivity contribution in [2.24, 2.45) is 5.92 Å². The van der Waals surface area contributed by atoms with Crippen LogP contribution in [0.4, 0.5) is 0 Å². The summed E-state index contributed by atoms with van der Waals surface area (Å²) in [6, 6.07) is 3.83. The number of aromatic nitrogens is 1. The van der Waals surface area contributed by atoms with Gasteiger partial charge in [0, 0.05) is 17.5 Å². The molecule has 1 N–H and O–H groups in total. The van der Waals surface area contributed by atoms with E-state index in [-0.39, 0.29) is 57.3 Å². The molecule has 1 aromatic rings. The van der Waals surface area contributed by atoms with Gasteiger partial charge in [-0.05, 0) is 36.3 Å². The van der Waals surface area contributed by atoms with Crippen LogP contribution < -0.4 is 62.0 Å². The number of pyridine rings is 1. The van der Waals surface area contributed by atoms with Crippen LogP contribution in [0.25, 0.3) is 17.6 Å². The molecule has 1 rings (SSSR count). The van der Waals surface area contributed by atoms with Crippen LogP contribution in [0.5, 0.6) is 0 Å². The van der Waals surface area contributed by atoms with Gasteiger partial charge < -0.3 is 10.4 Å². The van der Waals surface area contributed by atoms with E-state index in [9.17, 15) is 5.11 Å². The molecule has 0 unspecified atom stereocenters. The van der Waals surface area contributed by atoms with Gasteiger partial charge in [0.2, 0.25) is 0 Å². The minimum atomic E-state index is 0. The van der Waals surface area contributed by atoms with E-state index >= 15 is 0 Å². The first-order chi connectivity index (χ1) is 10.7. The van der Waals surface area contributed by atoms with E-state index in [1.165, 1.54) is 0 Å². The normalized spacial score (nSPS) is 11.7. The first kappa shape index (κ1) is 27.7. The number of hydrogen-bond acceptors (Lipinski definition) is 2. The summed E-state index contributed by atoms with van der Waals surface area (Å²) in [5, 5.41) is 15.7. The maximum atomic E-state index is 9.97. The maximum absolute atomic E-state index is 9.97. The largest absolute Gasteiger partial charge is 1.00 e. The first-order valence-corrected chi connectivity index (χ1v) is 8.33. The van der Waals surface area contributed by atoms with Crippen LogP contribution in [-0.4, -0.2) is 17.1 Å². The van der Waals surface area contributed by atoms with Crippen molar-refractivity contribution in [1.82, 2.24) is 4.98 Å². The quantitative estimate of drug-likeness (QED) is 0.650. The van der Waals surface area contributed by atoms with Gasteiger partial charge >= 0.3 is 51.4 Å². The zero-order chi connectivity index (χ0) is 17.4. The fourth-order valence-electron chi connectivity index (χ4n) is 1.82. The number of aliphatic hydroxyl groups excluding tert-OH is 1. The third-order valence-electron chi connectivity index (χ3n) is 2.96. The Morgan fingerprint density at radius 3 is 2.26 bits per heavy atom. The molecule has 0 aliphatic heterocycles. The van der Waals surface area contributed by atoms with Crippen molar-refractivity contribution >= 4 is 12.3 Å². The molecule has 0 aliphatic carbocycles. The molecule has 0 fully saturated rings. The standard InChI is InChI=1S/C15H21N2O.2C2H6.K/c1-4-12(5-2)15(18)9-8-13-7-6-10-17-14(13)11-16-3;2*1-2;/h6-12H,4-5H2,1-3H3,(H,17,18);2*1-2H3;/q-1;;;+1/b14-11+;;;. The number of aliphatic hydroxyl groups is 1. The number of nitrogens with zero attached hydrogens (tertiary/aromatic N) is 2. The van der Waals surface area contributed by atoms with Gasteiger partial charge in [-0.1, -0.05) is 47.6 Å². The molecular formula is C19H33KN2O. The molecule has 1 aromatic heterocycles. The van der Waals surface area contributed by atoms with Crippen molar-refractivity contribution in [3.05, 3.63) is 46.0 Å². The molecule has 0 spiro atoms. The first-order valence-electron chi connectivity index (χ1n) is 8.33. The van der Waals surface area contributed by atoms with Crippen molar-refractivity contribution in [1.29, 1.82) is 0 Å². The molecule has 23 heavy (non-hydrogen) atoms. The van der Waals surface area contributed by atoms with Crippen molar-refractivity contribution in [2.45, 2.75) is 54.4 Å². The summed E-state index contributed by atoms with van der Waals surface area (Å²) in [6.45, 7) is 12.2. The van der Waals surface area contributed by atoms with Gasteiger partial charge in [-0.3, -0.25) is 4.98 Å². The van der Waals surface area contributed by atoms with E-state index in [1.807, 2.05) is 45.9 Å². The molecule has 0 saturated heterocycles. The summed E-state index contributed by atoms with van der Waals surface area (Å²) in [6.07, 6.45) is 9.00. The average molecular weight is 345 g/mol. The van der Waals surface area contributed by atoms with Crippen LogP contribution in [0.15, 0.2) is 30.2 Å². The number of hydrogen-bond donors (Lipinski definition) is 1. The third kappa shape index (κ3) is 12.0. The van der Waals surface area contributed by atoms with Crippen LogP contribution in [0.1, 0.15) is 54.4 Å². The third-order valence-corrected chi connectivity index (χ3v) is 2.96. The molecule has 0 atom stereocenters. The van der Waals surface area contributed by atoms with Crippen molar-refractivity contribution < 1.29 is 56.5 Å². The second kappa shape index (κ2) is 19.9. The molecule has 126 valence electrons. The van der Waals surface area contributed by atoms with Gasteiger partial charge in [-0.25, -0.2) is 0 Å². The van der Waals surface area contributed by atoms with Crippen molar-refractivity contribution in [3.8, 4) is 0 Å². The van der Waals surface area contributed by atoms with E-state index in [1.54, 1.807) is 25.5 Å². The van der Waals surface area contributed by atoms with E-state index in [2.05, 4.69) is 24.1 Å². The van der Waals surface area contributed by atoms with Crippen molar-refractivity contribution in [3.63, 3.8) is 0 Å². The molecule has 0 amide bonds. The molecule has 1 heterocycles. The predicted molar refractivity (Wildman–Crippen MR) is 99.2 cm³/mol. The smallest absolute Gasteiger partial charge is 0.691 e. The Kier molecular flexibility index (Phi) is 24.0. The number of rotatable bonds is 5. The Morgan fingerprint density at radius 1 is 1.22 bits per heavy atom. The Bertz CT molecular complexity index is 508. The molecule has 0 bridgehead atoms. The second-order valence-electron chi connectivity index (χ2n) is 4.14. The van der Waals surface area contributed by atoms with E-state index in [0.717, 1.165) is 23.4 Å². The number of allylic oxidation sites excluding steroid dienone is 2.